The van der Waals surface area contributed by atoms with Crippen LogP contribution in [0.25, 0.3) is 0 Å². The highest BCUT2D eigenvalue weighted by atomic mass is 79.9. The van der Waals surface area contributed by atoms with Crippen LogP contribution in [0.5, 0.6) is 0 Å². The van der Waals surface area contributed by atoms with Crippen molar-refractivity contribution in [2.45, 2.75) is 26.3 Å². The largest absolute Gasteiger partial charge is 0.346 e. The first-order chi connectivity index (χ1) is 7.49. The third-order valence-corrected chi connectivity index (χ3v) is 3.72. The molecule has 0 aliphatic carbocycles. The van der Waals surface area contributed by atoms with Crippen molar-refractivity contribution in [3.8, 4) is 0 Å². The zero-order valence-corrected chi connectivity index (χ0v) is 11.5. The van der Waals surface area contributed by atoms with Crippen molar-refractivity contribution < 1.29 is 4.79 Å². The molecule has 1 unspecified atom stereocenters. The normalized spacial score (nSPS) is 14.6. The van der Waals surface area contributed by atoms with E-state index in [2.05, 4.69) is 21.2 Å². The van der Waals surface area contributed by atoms with Crippen LogP contribution in [0, 0.1) is 5.92 Å². The number of rotatable bonds is 4. The molecule has 0 saturated carbocycles. The lowest BCUT2D eigenvalue weighted by atomic mass is 9.93. The fourth-order valence-corrected chi connectivity index (χ4v) is 1.87. The highest BCUT2D eigenvalue weighted by molar-refractivity contribution is 9.09. The summed E-state index contributed by atoms with van der Waals surface area (Å²) in [6, 6.07) is 10.0. The molecule has 0 aromatic heterocycles. The Morgan fingerprint density at radius 3 is 2.38 bits per heavy atom. The van der Waals surface area contributed by atoms with Crippen LogP contribution in [0.4, 0.5) is 0 Å². The van der Waals surface area contributed by atoms with Crippen molar-refractivity contribution in [2.75, 3.05) is 5.33 Å². The van der Waals surface area contributed by atoms with Gasteiger partial charge in [-0.25, -0.2) is 0 Å². The molecule has 1 aromatic carbocycles. The van der Waals surface area contributed by atoms with Crippen molar-refractivity contribution in [3.63, 3.8) is 0 Å². The Bertz CT molecular complexity index is 350. The number of halogens is 1. The highest BCUT2D eigenvalue weighted by Crippen LogP contribution is 2.23. The third-order valence-electron chi connectivity index (χ3n) is 2.60. The minimum atomic E-state index is -0.345. The van der Waals surface area contributed by atoms with Crippen LogP contribution in [0.3, 0.4) is 0 Å². The maximum absolute atomic E-state index is 11.8. The molecule has 0 radical (unpaired) electrons. The fraction of sp³-hybridized carbons (Fsp3) is 0.462. The second-order valence-electron chi connectivity index (χ2n) is 4.48. The maximum Gasteiger partial charge on any atom is 0.223 e. The zero-order chi connectivity index (χ0) is 12.2. The molecule has 0 fully saturated rings. The lowest BCUT2D eigenvalue weighted by molar-refractivity contribution is -0.125. The van der Waals surface area contributed by atoms with Gasteiger partial charge in [0.15, 0.2) is 0 Å². The van der Waals surface area contributed by atoms with E-state index in [1.165, 1.54) is 0 Å². The summed E-state index contributed by atoms with van der Waals surface area (Å²) in [5.41, 5.74) is 0.767. The Hall–Kier alpha value is -0.830. The van der Waals surface area contributed by atoms with Gasteiger partial charge in [-0.15, -0.1) is 0 Å². The average molecular weight is 284 g/mol. The molecule has 88 valence electrons. The van der Waals surface area contributed by atoms with E-state index < -0.39 is 0 Å². The van der Waals surface area contributed by atoms with Crippen LogP contribution in [-0.2, 0) is 10.3 Å². The minimum absolute atomic E-state index is 0.00193. The molecule has 3 heteroatoms. The molecular weight excluding hydrogens is 266 g/mol. The number of carbonyl (C=O) groups excluding carboxylic acids is 1. The Morgan fingerprint density at radius 1 is 1.38 bits per heavy atom. The smallest absolute Gasteiger partial charge is 0.223 e. The molecule has 0 bridgehead atoms. The van der Waals surface area contributed by atoms with Gasteiger partial charge in [0.05, 0.1) is 5.54 Å². The number of nitrogens with one attached hydrogen (secondary N) is 1. The quantitative estimate of drug-likeness (QED) is 0.846. The van der Waals surface area contributed by atoms with Crippen molar-refractivity contribution in [1.82, 2.24) is 5.32 Å². The standard InChI is InChI=1S/C13H18BrNO/c1-10(2)12(16)15-13(3,9-14)11-7-5-4-6-8-11/h4-8,10H,9H2,1-3H3,(H,15,16). The Balaban J connectivity index is 2.90. The topological polar surface area (TPSA) is 29.1 Å². The summed E-state index contributed by atoms with van der Waals surface area (Å²) in [7, 11) is 0. The fourth-order valence-electron chi connectivity index (χ4n) is 1.40. The summed E-state index contributed by atoms with van der Waals surface area (Å²) in [5.74, 6) is 0.0768. The van der Waals surface area contributed by atoms with E-state index in [0.29, 0.717) is 5.33 Å². The van der Waals surface area contributed by atoms with E-state index in [0.717, 1.165) is 5.56 Å². The van der Waals surface area contributed by atoms with Gasteiger partial charge < -0.3 is 5.32 Å². The molecule has 0 aliphatic rings. The number of amides is 1. The van der Waals surface area contributed by atoms with Gasteiger partial charge in [0, 0.05) is 11.2 Å². The van der Waals surface area contributed by atoms with Crippen LogP contribution in [-0.4, -0.2) is 11.2 Å². The number of hydrogen-bond donors (Lipinski definition) is 1. The Labute approximate surface area is 106 Å². The zero-order valence-electron chi connectivity index (χ0n) is 9.96. The van der Waals surface area contributed by atoms with Crippen LogP contribution in [0.15, 0.2) is 30.3 Å². The van der Waals surface area contributed by atoms with E-state index in [1.807, 2.05) is 51.1 Å². The van der Waals surface area contributed by atoms with E-state index >= 15 is 0 Å². The second kappa shape index (κ2) is 5.48. The van der Waals surface area contributed by atoms with Crippen molar-refractivity contribution in [1.29, 1.82) is 0 Å². The molecule has 1 atom stereocenters. The maximum atomic E-state index is 11.8. The summed E-state index contributed by atoms with van der Waals surface area (Å²) >= 11 is 3.47. The van der Waals surface area contributed by atoms with Crippen LogP contribution < -0.4 is 5.32 Å². The second-order valence-corrected chi connectivity index (χ2v) is 5.04. The van der Waals surface area contributed by atoms with Gasteiger partial charge in [-0.05, 0) is 12.5 Å². The summed E-state index contributed by atoms with van der Waals surface area (Å²) in [4.78, 5) is 11.8. The monoisotopic (exact) mass is 283 g/mol. The van der Waals surface area contributed by atoms with E-state index in [-0.39, 0.29) is 17.4 Å². The van der Waals surface area contributed by atoms with Gasteiger partial charge in [-0.3, -0.25) is 4.79 Å². The van der Waals surface area contributed by atoms with Crippen LogP contribution in [0.2, 0.25) is 0 Å². The van der Waals surface area contributed by atoms with E-state index in [9.17, 15) is 4.79 Å². The molecule has 1 aromatic rings. The predicted molar refractivity (Wildman–Crippen MR) is 70.6 cm³/mol. The summed E-state index contributed by atoms with van der Waals surface area (Å²) in [6.07, 6.45) is 0. The predicted octanol–water partition coefficient (Wildman–Crippen LogP) is 3.07. The van der Waals surface area contributed by atoms with Crippen LogP contribution >= 0.6 is 15.9 Å². The number of carbonyl (C=O) groups is 1. The first kappa shape index (κ1) is 13.2. The number of alkyl halides is 1. The highest BCUT2D eigenvalue weighted by Gasteiger charge is 2.27. The van der Waals surface area contributed by atoms with Gasteiger partial charge >= 0.3 is 0 Å². The SMILES string of the molecule is CC(C)C(=O)NC(C)(CBr)c1ccccc1. The summed E-state index contributed by atoms with van der Waals surface area (Å²) < 4.78 is 0. The molecule has 2 nitrogen and oxygen atoms in total. The van der Waals surface area contributed by atoms with Crippen LogP contribution in [0.1, 0.15) is 26.3 Å². The molecule has 1 rings (SSSR count). The average Bonchev–Trinajstić information content (AvgIpc) is 2.29. The molecule has 0 aliphatic heterocycles. The van der Waals surface area contributed by atoms with Crippen molar-refractivity contribution >= 4 is 21.8 Å². The van der Waals surface area contributed by atoms with Gasteiger partial charge in [-0.2, -0.15) is 0 Å². The lowest BCUT2D eigenvalue weighted by Crippen LogP contribution is -2.46. The van der Waals surface area contributed by atoms with Gasteiger partial charge in [0.1, 0.15) is 0 Å². The number of benzene rings is 1. The van der Waals surface area contributed by atoms with E-state index in [1.54, 1.807) is 0 Å². The molecule has 16 heavy (non-hydrogen) atoms. The van der Waals surface area contributed by atoms with Gasteiger partial charge in [-0.1, -0.05) is 60.1 Å². The lowest BCUT2D eigenvalue weighted by Gasteiger charge is -2.30. The minimum Gasteiger partial charge on any atom is -0.346 e. The third kappa shape index (κ3) is 3.08. The summed E-state index contributed by atoms with van der Waals surface area (Å²) in [5, 5.41) is 3.77. The van der Waals surface area contributed by atoms with E-state index in [4.69, 9.17) is 0 Å². The number of hydrogen-bond acceptors (Lipinski definition) is 1. The molecule has 0 saturated heterocycles. The first-order valence-corrected chi connectivity index (χ1v) is 6.55. The van der Waals surface area contributed by atoms with Gasteiger partial charge in [0.2, 0.25) is 5.91 Å². The molecule has 0 spiro atoms. The molecule has 1 N–H and O–H groups in total. The first-order valence-electron chi connectivity index (χ1n) is 5.43. The molecular formula is C13H18BrNO. The van der Waals surface area contributed by atoms with Crippen molar-refractivity contribution in [3.05, 3.63) is 35.9 Å². The molecule has 1 amide bonds. The van der Waals surface area contributed by atoms with Crippen molar-refractivity contribution in [2.24, 2.45) is 5.92 Å². The Kier molecular flexibility index (Phi) is 4.54. The summed E-state index contributed by atoms with van der Waals surface area (Å²) in [6.45, 7) is 5.82. The Morgan fingerprint density at radius 2 is 1.94 bits per heavy atom. The molecule has 0 heterocycles. The van der Waals surface area contributed by atoms with Gasteiger partial charge in [0.25, 0.3) is 0 Å².